The summed E-state index contributed by atoms with van der Waals surface area (Å²) in [6.07, 6.45) is 2.75. The Labute approximate surface area is 212 Å². The molecule has 5 rings (SSSR count). The van der Waals surface area contributed by atoms with Crippen molar-refractivity contribution in [3.8, 4) is 0 Å². The Kier molecular flexibility index (Phi) is 6.48. The van der Waals surface area contributed by atoms with Gasteiger partial charge in [-0.25, -0.2) is 4.40 Å². The minimum atomic E-state index is -0.291. The average Bonchev–Trinajstić information content (AvgIpc) is 3.37. The van der Waals surface area contributed by atoms with E-state index < -0.39 is 0 Å². The van der Waals surface area contributed by atoms with Gasteiger partial charge in [0.05, 0.1) is 18.9 Å². The molecule has 1 aliphatic rings. The molecule has 3 heterocycles. The van der Waals surface area contributed by atoms with E-state index in [1.807, 2.05) is 27.2 Å². The summed E-state index contributed by atoms with van der Waals surface area (Å²) in [6.45, 7) is 9.50. The van der Waals surface area contributed by atoms with E-state index >= 15 is 0 Å². The Bertz CT molecular complexity index is 1450. The molecule has 0 N–H and O–H groups in total. The molecule has 1 aliphatic carbocycles. The summed E-state index contributed by atoms with van der Waals surface area (Å²) in [5.41, 5.74) is 3.00. The maximum Gasteiger partial charge on any atom is 0.316 e. The van der Waals surface area contributed by atoms with E-state index in [0.717, 1.165) is 35.2 Å². The number of esters is 1. The number of carbonyl (C=O) groups excluding carboxylic acids is 1. The van der Waals surface area contributed by atoms with Gasteiger partial charge in [0.1, 0.15) is 10.3 Å². The molecule has 1 unspecified atom stereocenters. The van der Waals surface area contributed by atoms with Gasteiger partial charge in [-0.1, -0.05) is 62.9 Å². The van der Waals surface area contributed by atoms with Crippen LogP contribution in [0, 0.1) is 11.3 Å². The van der Waals surface area contributed by atoms with E-state index in [0.29, 0.717) is 35.5 Å². The number of hydrogen-bond donors (Lipinski definition) is 0. The van der Waals surface area contributed by atoms with Gasteiger partial charge in [0.15, 0.2) is 5.16 Å². The molecule has 0 fully saturated rings. The monoisotopic (exact) mass is 510 g/mol. The maximum absolute atomic E-state index is 13.9. The zero-order valence-corrected chi connectivity index (χ0v) is 22.2. The molecule has 184 valence electrons. The van der Waals surface area contributed by atoms with Crippen LogP contribution >= 0.6 is 23.1 Å². The van der Waals surface area contributed by atoms with E-state index in [1.54, 1.807) is 18.3 Å². The largest absolute Gasteiger partial charge is 0.465 e. The first-order valence-corrected chi connectivity index (χ1v) is 13.8. The summed E-state index contributed by atoms with van der Waals surface area (Å²) >= 11 is 2.97. The summed E-state index contributed by atoms with van der Waals surface area (Å²) in [7, 11) is 0. The minimum Gasteiger partial charge on any atom is -0.465 e. The summed E-state index contributed by atoms with van der Waals surface area (Å²) < 4.78 is 9.03. The van der Waals surface area contributed by atoms with Crippen molar-refractivity contribution in [2.75, 3.05) is 12.4 Å². The van der Waals surface area contributed by atoms with Gasteiger partial charge in [-0.3, -0.25) is 14.2 Å². The maximum atomic E-state index is 13.9. The quantitative estimate of drug-likeness (QED) is 0.270. The summed E-state index contributed by atoms with van der Waals surface area (Å²) in [6, 6.07) is 10.1. The third kappa shape index (κ3) is 4.51. The standard InChI is InChI=1S/C26H30N4O3S2/c1-5-33-20(31)15-34-25-28-27-24-29(14-16-9-7-6-8-10-16)21-22(32)18-12-11-17(26(2,3)4)13-19(18)35-23(21)30(24)25/h6-10,17H,5,11-15H2,1-4H3. The molecule has 9 heteroatoms. The third-order valence-electron chi connectivity index (χ3n) is 6.79. The molecular formula is C26H30N4O3S2. The fraction of sp³-hybridized carbons (Fsp3) is 0.462. The van der Waals surface area contributed by atoms with Crippen molar-refractivity contribution in [3.63, 3.8) is 0 Å². The lowest BCUT2D eigenvalue weighted by Gasteiger charge is -2.34. The van der Waals surface area contributed by atoms with Crippen LogP contribution in [-0.4, -0.2) is 37.5 Å². The van der Waals surface area contributed by atoms with Crippen molar-refractivity contribution < 1.29 is 9.53 Å². The Morgan fingerprint density at radius 3 is 2.71 bits per heavy atom. The predicted octanol–water partition coefficient (Wildman–Crippen LogP) is 4.96. The lowest BCUT2D eigenvalue weighted by molar-refractivity contribution is -0.139. The van der Waals surface area contributed by atoms with Gasteiger partial charge in [0.25, 0.3) is 0 Å². The highest BCUT2D eigenvalue weighted by atomic mass is 32.2. The predicted molar refractivity (Wildman–Crippen MR) is 141 cm³/mol. The van der Waals surface area contributed by atoms with E-state index in [-0.39, 0.29) is 22.6 Å². The molecule has 4 aromatic rings. The third-order valence-corrected chi connectivity index (χ3v) is 8.92. The summed E-state index contributed by atoms with van der Waals surface area (Å²) in [5.74, 6) is 1.01. The normalized spacial score (nSPS) is 16.1. The first-order chi connectivity index (χ1) is 16.8. The number of fused-ring (bicyclic) bond motifs is 4. The zero-order chi connectivity index (χ0) is 24.7. The molecule has 0 aliphatic heterocycles. The SMILES string of the molecule is CCOC(=O)CSc1nnc2n(Cc3ccccc3)c3c(=O)c4c(sc3n12)CC(C(C)(C)C)CC4. The van der Waals surface area contributed by atoms with Crippen molar-refractivity contribution in [1.82, 2.24) is 19.2 Å². The van der Waals surface area contributed by atoms with Gasteiger partial charge < -0.3 is 4.74 Å². The fourth-order valence-electron chi connectivity index (χ4n) is 4.83. The Hall–Kier alpha value is -2.65. The van der Waals surface area contributed by atoms with Crippen LogP contribution in [0.5, 0.6) is 0 Å². The molecule has 0 bridgehead atoms. The lowest BCUT2D eigenvalue weighted by atomic mass is 9.72. The number of nitrogens with zero attached hydrogens (tertiary/aromatic N) is 4. The second kappa shape index (κ2) is 9.43. The van der Waals surface area contributed by atoms with Crippen LogP contribution in [0.3, 0.4) is 0 Å². The van der Waals surface area contributed by atoms with Crippen molar-refractivity contribution in [3.05, 3.63) is 56.6 Å². The first-order valence-electron chi connectivity index (χ1n) is 12.0. The Balaban J connectivity index is 1.68. The number of hydrogen-bond acceptors (Lipinski definition) is 7. The van der Waals surface area contributed by atoms with E-state index in [1.165, 1.54) is 16.6 Å². The first kappa shape index (κ1) is 24.1. The second-order valence-corrected chi connectivity index (χ2v) is 12.1. The van der Waals surface area contributed by atoms with Gasteiger partial charge in [0.2, 0.25) is 11.2 Å². The molecule has 0 saturated heterocycles. The van der Waals surface area contributed by atoms with E-state index in [9.17, 15) is 9.59 Å². The molecule has 7 nitrogen and oxygen atoms in total. The second-order valence-electron chi connectivity index (χ2n) is 10.1. The van der Waals surface area contributed by atoms with Crippen LogP contribution in [0.4, 0.5) is 0 Å². The minimum absolute atomic E-state index is 0.101. The van der Waals surface area contributed by atoms with E-state index in [2.05, 4.69) is 43.1 Å². The highest BCUT2D eigenvalue weighted by Gasteiger charge is 2.32. The number of carbonyl (C=O) groups is 1. The van der Waals surface area contributed by atoms with Crippen molar-refractivity contribution in [1.29, 1.82) is 0 Å². The van der Waals surface area contributed by atoms with Gasteiger partial charge in [-0.05, 0) is 43.1 Å². The number of benzene rings is 1. The number of aromatic nitrogens is 4. The van der Waals surface area contributed by atoms with E-state index in [4.69, 9.17) is 4.74 Å². The van der Waals surface area contributed by atoms with Crippen LogP contribution in [0.25, 0.3) is 16.1 Å². The lowest BCUT2D eigenvalue weighted by Crippen LogP contribution is -2.29. The topological polar surface area (TPSA) is 78.5 Å². The van der Waals surface area contributed by atoms with Crippen molar-refractivity contribution >= 4 is 45.2 Å². The van der Waals surface area contributed by atoms with Crippen LogP contribution in [0.1, 0.15) is 50.1 Å². The molecule has 0 amide bonds. The van der Waals surface area contributed by atoms with Gasteiger partial charge >= 0.3 is 5.97 Å². The number of thioether (sulfide) groups is 1. The Morgan fingerprint density at radius 2 is 2.00 bits per heavy atom. The zero-order valence-electron chi connectivity index (χ0n) is 20.5. The van der Waals surface area contributed by atoms with Crippen LogP contribution in [0.2, 0.25) is 0 Å². The molecule has 0 radical (unpaired) electrons. The summed E-state index contributed by atoms with van der Waals surface area (Å²) in [4.78, 5) is 27.9. The molecule has 3 aromatic heterocycles. The van der Waals surface area contributed by atoms with Crippen LogP contribution in [0.15, 0.2) is 40.3 Å². The molecule has 1 atom stereocenters. The van der Waals surface area contributed by atoms with Gasteiger partial charge in [-0.15, -0.1) is 21.5 Å². The summed E-state index contributed by atoms with van der Waals surface area (Å²) in [5, 5.41) is 9.46. The fourth-order valence-corrected chi connectivity index (χ4v) is 7.02. The molecule has 0 saturated carbocycles. The Morgan fingerprint density at radius 1 is 1.23 bits per heavy atom. The molecule has 0 spiro atoms. The number of imidazole rings is 1. The highest BCUT2D eigenvalue weighted by molar-refractivity contribution is 7.99. The highest BCUT2D eigenvalue weighted by Crippen LogP contribution is 2.40. The van der Waals surface area contributed by atoms with Crippen molar-refractivity contribution in [2.24, 2.45) is 11.3 Å². The molecule has 1 aromatic carbocycles. The van der Waals surface area contributed by atoms with Crippen molar-refractivity contribution in [2.45, 2.75) is 58.7 Å². The van der Waals surface area contributed by atoms with Gasteiger partial charge in [-0.2, -0.15) is 0 Å². The smallest absolute Gasteiger partial charge is 0.316 e. The number of rotatable bonds is 6. The molecular weight excluding hydrogens is 480 g/mol. The average molecular weight is 511 g/mol. The number of ether oxygens (including phenoxy) is 1. The van der Waals surface area contributed by atoms with Crippen LogP contribution < -0.4 is 5.43 Å². The van der Waals surface area contributed by atoms with Crippen LogP contribution in [-0.2, 0) is 28.9 Å². The van der Waals surface area contributed by atoms with Gasteiger partial charge in [0, 0.05) is 10.4 Å². The molecule has 35 heavy (non-hydrogen) atoms.